The highest BCUT2D eigenvalue weighted by Gasteiger charge is 2.26. The molecule has 2 aromatic rings. The second kappa shape index (κ2) is 8.37. The van der Waals surface area contributed by atoms with Gasteiger partial charge in [-0.15, -0.1) is 0 Å². The van der Waals surface area contributed by atoms with Gasteiger partial charge in [-0.1, -0.05) is 24.3 Å². The topological polar surface area (TPSA) is 67.7 Å². The Kier molecular flexibility index (Phi) is 6.44. The molecule has 8 heteroatoms. The molecule has 0 fully saturated rings. The second-order valence-corrected chi connectivity index (χ2v) is 8.08. The van der Waals surface area contributed by atoms with Gasteiger partial charge < -0.3 is 10.2 Å². The molecule has 0 heterocycles. The van der Waals surface area contributed by atoms with E-state index in [1.807, 2.05) is 38.4 Å². The van der Waals surface area contributed by atoms with E-state index in [0.29, 0.717) is 6.54 Å². The molecule has 0 saturated heterocycles. The Labute approximate surface area is 151 Å². The van der Waals surface area contributed by atoms with Gasteiger partial charge >= 0.3 is 5.76 Å². The summed E-state index contributed by atoms with van der Waals surface area (Å²) < 4.78 is 47.8. The Balaban J connectivity index is 2.08. The predicted octanol–water partition coefficient (Wildman–Crippen LogP) is 1.26. The molecule has 0 aliphatic heterocycles. The lowest BCUT2D eigenvalue weighted by Crippen LogP contribution is -3.04. The van der Waals surface area contributed by atoms with Crippen LogP contribution in [0.1, 0.15) is 21.5 Å². The zero-order valence-corrected chi connectivity index (χ0v) is 15.3. The van der Waals surface area contributed by atoms with Crippen LogP contribution >= 0.6 is 0 Å². The van der Waals surface area contributed by atoms with Crippen LogP contribution in [0, 0.1) is 0 Å². The van der Waals surface area contributed by atoms with Crippen LogP contribution in [-0.2, 0) is 22.9 Å². The number of quaternary nitrogens is 1. The molecule has 0 aromatic heterocycles. The molecule has 0 aliphatic carbocycles. The molecule has 0 saturated carbocycles. The van der Waals surface area contributed by atoms with E-state index in [2.05, 4.69) is 5.32 Å². The van der Waals surface area contributed by atoms with Crippen LogP contribution in [0.4, 0.5) is 8.78 Å². The van der Waals surface area contributed by atoms with Gasteiger partial charge in [0.1, 0.15) is 6.54 Å². The summed E-state index contributed by atoms with van der Waals surface area (Å²) >= 11 is 0. The number of amides is 1. The van der Waals surface area contributed by atoms with Gasteiger partial charge in [0.05, 0.1) is 19.0 Å². The molecule has 140 valence electrons. The van der Waals surface area contributed by atoms with Crippen LogP contribution in [0.2, 0.25) is 0 Å². The fourth-order valence-electron chi connectivity index (χ4n) is 2.46. The lowest BCUT2D eigenvalue weighted by molar-refractivity contribution is -0.872. The SMILES string of the molecule is C[NH+](C)Cc1ccccc1CNC(=O)c1ccc(S(=O)(=O)C(F)F)cc1. The first-order valence-corrected chi connectivity index (χ1v) is 9.52. The zero-order chi connectivity index (χ0) is 19.3. The van der Waals surface area contributed by atoms with Crippen LogP contribution in [0.5, 0.6) is 0 Å². The van der Waals surface area contributed by atoms with Crippen LogP contribution < -0.4 is 10.2 Å². The van der Waals surface area contributed by atoms with Crippen molar-refractivity contribution in [1.82, 2.24) is 5.32 Å². The number of carbonyl (C=O) groups excluding carboxylic acids is 1. The Hall–Kier alpha value is -2.32. The minimum atomic E-state index is -4.66. The predicted molar refractivity (Wildman–Crippen MR) is 93.8 cm³/mol. The van der Waals surface area contributed by atoms with Gasteiger partial charge in [-0.25, -0.2) is 8.42 Å². The van der Waals surface area contributed by atoms with Crippen LogP contribution in [-0.4, -0.2) is 34.2 Å². The van der Waals surface area contributed by atoms with Crippen LogP contribution in [0.15, 0.2) is 53.4 Å². The highest BCUT2D eigenvalue weighted by molar-refractivity contribution is 7.91. The van der Waals surface area contributed by atoms with Crippen LogP contribution in [0.25, 0.3) is 0 Å². The number of benzene rings is 2. The van der Waals surface area contributed by atoms with Crippen molar-refractivity contribution in [3.05, 3.63) is 65.2 Å². The third-order valence-corrected chi connectivity index (χ3v) is 5.18. The van der Waals surface area contributed by atoms with Gasteiger partial charge in [0, 0.05) is 17.7 Å². The summed E-state index contributed by atoms with van der Waals surface area (Å²) in [5.74, 6) is -3.89. The maximum Gasteiger partial charge on any atom is 0.341 e. The molecule has 0 atom stereocenters. The van der Waals surface area contributed by atoms with E-state index in [1.54, 1.807) is 0 Å². The van der Waals surface area contributed by atoms with Gasteiger partial charge in [0.25, 0.3) is 5.91 Å². The third kappa shape index (κ3) is 4.86. The second-order valence-electron chi connectivity index (χ2n) is 6.17. The summed E-state index contributed by atoms with van der Waals surface area (Å²) in [5.41, 5.74) is 2.30. The highest BCUT2D eigenvalue weighted by atomic mass is 32.2. The maximum absolute atomic E-state index is 12.5. The molecule has 2 rings (SSSR count). The van der Waals surface area contributed by atoms with E-state index in [4.69, 9.17) is 0 Å². The zero-order valence-electron chi connectivity index (χ0n) is 14.5. The fraction of sp³-hybridized carbons (Fsp3) is 0.278. The van der Waals surface area contributed by atoms with Crippen molar-refractivity contribution in [2.45, 2.75) is 23.7 Å². The quantitative estimate of drug-likeness (QED) is 0.756. The smallest absolute Gasteiger partial charge is 0.341 e. The lowest BCUT2D eigenvalue weighted by Gasteiger charge is -2.13. The number of hydrogen-bond donors (Lipinski definition) is 2. The Morgan fingerprint density at radius 3 is 2.15 bits per heavy atom. The van der Waals surface area contributed by atoms with Gasteiger partial charge in [0.2, 0.25) is 9.84 Å². The maximum atomic E-state index is 12.5. The number of alkyl halides is 2. The van der Waals surface area contributed by atoms with Crippen molar-refractivity contribution in [3.63, 3.8) is 0 Å². The fourth-order valence-corrected chi connectivity index (χ4v) is 3.18. The van der Waals surface area contributed by atoms with Gasteiger partial charge in [-0.05, 0) is 29.8 Å². The summed E-state index contributed by atoms with van der Waals surface area (Å²) in [6.45, 7) is 1.13. The summed E-state index contributed by atoms with van der Waals surface area (Å²) in [5, 5.41) is 2.76. The number of carbonyl (C=O) groups is 1. The molecule has 26 heavy (non-hydrogen) atoms. The molecular weight excluding hydrogens is 362 g/mol. The Morgan fingerprint density at radius 2 is 1.62 bits per heavy atom. The van der Waals surface area contributed by atoms with Gasteiger partial charge in [0.15, 0.2) is 0 Å². The Bertz CT molecular complexity index is 866. The number of sulfone groups is 1. The van der Waals surface area contributed by atoms with Crippen molar-refractivity contribution in [3.8, 4) is 0 Å². The molecular formula is C18H21F2N2O3S+. The molecule has 0 unspecified atom stereocenters. The van der Waals surface area contributed by atoms with E-state index in [0.717, 1.165) is 29.8 Å². The van der Waals surface area contributed by atoms with Crippen molar-refractivity contribution in [2.24, 2.45) is 0 Å². The molecule has 5 nitrogen and oxygen atoms in total. The largest absolute Gasteiger partial charge is 0.348 e. The molecule has 0 bridgehead atoms. The van der Waals surface area contributed by atoms with Gasteiger partial charge in [-0.3, -0.25) is 4.79 Å². The van der Waals surface area contributed by atoms with E-state index >= 15 is 0 Å². The van der Waals surface area contributed by atoms with E-state index in [1.165, 1.54) is 17.0 Å². The summed E-state index contributed by atoms with van der Waals surface area (Å²) in [6, 6.07) is 12.2. The molecule has 0 spiro atoms. The summed E-state index contributed by atoms with van der Waals surface area (Å²) in [7, 11) is -0.595. The summed E-state index contributed by atoms with van der Waals surface area (Å²) in [6.07, 6.45) is 0. The number of nitrogens with one attached hydrogen (secondary N) is 2. The van der Waals surface area contributed by atoms with Crippen molar-refractivity contribution >= 4 is 15.7 Å². The standard InChI is InChI=1S/C18H20F2N2O3S/c1-22(2)12-15-6-4-3-5-14(15)11-21-17(23)13-7-9-16(10-8-13)26(24,25)18(19)20/h3-10,18H,11-12H2,1-2H3,(H,21,23)/p+1. The number of halogens is 2. The third-order valence-electron chi connectivity index (χ3n) is 3.78. The molecule has 1 amide bonds. The van der Waals surface area contributed by atoms with E-state index in [-0.39, 0.29) is 5.56 Å². The first kappa shape index (κ1) is 20.0. The van der Waals surface area contributed by atoms with Crippen molar-refractivity contribution < 1.29 is 26.9 Å². The van der Waals surface area contributed by atoms with Gasteiger partial charge in [-0.2, -0.15) is 8.78 Å². The summed E-state index contributed by atoms with van der Waals surface area (Å²) in [4.78, 5) is 13.0. The molecule has 0 aliphatic rings. The average molecular weight is 383 g/mol. The number of rotatable bonds is 7. The highest BCUT2D eigenvalue weighted by Crippen LogP contribution is 2.18. The van der Waals surface area contributed by atoms with E-state index in [9.17, 15) is 22.0 Å². The minimum absolute atomic E-state index is 0.203. The minimum Gasteiger partial charge on any atom is -0.348 e. The lowest BCUT2D eigenvalue weighted by atomic mass is 10.1. The van der Waals surface area contributed by atoms with Crippen molar-refractivity contribution in [1.29, 1.82) is 0 Å². The van der Waals surface area contributed by atoms with E-state index < -0.39 is 26.4 Å². The first-order valence-electron chi connectivity index (χ1n) is 7.98. The monoisotopic (exact) mass is 383 g/mol. The normalized spacial score (nSPS) is 11.8. The van der Waals surface area contributed by atoms with Crippen LogP contribution in [0.3, 0.4) is 0 Å². The number of hydrogen-bond acceptors (Lipinski definition) is 3. The first-order chi connectivity index (χ1) is 12.2. The molecule has 2 N–H and O–H groups in total. The Morgan fingerprint density at radius 1 is 1.04 bits per heavy atom. The van der Waals surface area contributed by atoms with Crippen molar-refractivity contribution in [2.75, 3.05) is 14.1 Å². The average Bonchev–Trinajstić information content (AvgIpc) is 2.60. The molecule has 0 radical (unpaired) electrons. The molecule has 2 aromatic carbocycles.